The normalized spacial score (nSPS) is 15.5. The van der Waals surface area contributed by atoms with Crippen molar-refractivity contribution in [2.75, 3.05) is 22.7 Å². The van der Waals surface area contributed by atoms with Gasteiger partial charge in [0.05, 0.1) is 57.9 Å². The van der Waals surface area contributed by atoms with Crippen molar-refractivity contribution in [2.24, 2.45) is 0 Å². The zero-order valence-corrected chi connectivity index (χ0v) is 39.4. The Morgan fingerprint density at radius 2 is 0.905 bits per heavy atom. The number of aromatic nitrogens is 6. The van der Waals surface area contributed by atoms with E-state index in [0.717, 1.165) is 48.8 Å². The van der Waals surface area contributed by atoms with Crippen LogP contribution in [0.1, 0.15) is 58.1 Å². The lowest BCUT2D eigenvalue weighted by molar-refractivity contribution is -0.138. The molecule has 2 aliphatic rings. The van der Waals surface area contributed by atoms with Gasteiger partial charge >= 0.3 is 12.4 Å². The number of hydrogen-bond donors (Lipinski definition) is 2. The third kappa shape index (κ3) is 11.2. The van der Waals surface area contributed by atoms with E-state index in [1.807, 2.05) is 0 Å². The summed E-state index contributed by atoms with van der Waals surface area (Å²) in [4.78, 5) is 7.84. The summed E-state index contributed by atoms with van der Waals surface area (Å²) in [6.07, 6.45) is -3.62. The molecule has 0 saturated carbocycles. The Morgan fingerprint density at radius 3 is 1.26 bits per heavy atom. The topological polar surface area (TPSA) is 188 Å². The van der Waals surface area contributed by atoms with E-state index >= 15 is 0 Å². The van der Waals surface area contributed by atoms with Crippen molar-refractivity contribution in [1.29, 1.82) is 0 Å². The highest BCUT2D eigenvalue weighted by molar-refractivity contribution is 7.93. The van der Waals surface area contributed by atoms with Crippen molar-refractivity contribution in [3.05, 3.63) is 191 Å². The number of nitrogens with one attached hydrogen (secondary N) is 2. The lowest BCUT2D eigenvalue weighted by Gasteiger charge is -2.28. The van der Waals surface area contributed by atoms with Gasteiger partial charge in [0.25, 0.3) is 20.0 Å². The Kier molecular flexibility index (Phi) is 14.0. The third-order valence-electron chi connectivity index (χ3n) is 11.8. The third-order valence-corrected chi connectivity index (χ3v) is 14.5. The van der Waals surface area contributed by atoms with Crippen molar-refractivity contribution in [2.45, 2.75) is 46.8 Å². The number of pyridine rings is 2. The molecule has 10 rings (SSSR count). The Bertz CT molecular complexity index is 3330. The van der Waals surface area contributed by atoms with Crippen LogP contribution in [0.2, 0.25) is 0 Å². The molecule has 4 aromatic heterocycles. The number of halogens is 8. The van der Waals surface area contributed by atoms with E-state index in [9.17, 15) is 52.0 Å². The van der Waals surface area contributed by atoms with Crippen LogP contribution in [0.15, 0.2) is 156 Å². The van der Waals surface area contributed by atoms with Crippen molar-refractivity contribution < 1.29 is 61.4 Å². The summed E-state index contributed by atoms with van der Waals surface area (Å²) in [5, 5.41) is 14.7. The van der Waals surface area contributed by atoms with E-state index in [4.69, 9.17) is 9.47 Å². The van der Waals surface area contributed by atoms with Gasteiger partial charge in [-0.3, -0.25) is 19.4 Å². The first-order valence-corrected chi connectivity index (χ1v) is 25.0. The summed E-state index contributed by atoms with van der Waals surface area (Å²) in [6.45, 7) is 0.409. The van der Waals surface area contributed by atoms with Gasteiger partial charge in [0.2, 0.25) is 0 Å². The quantitative estimate of drug-likeness (QED) is 0.124. The molecule has 24 heteroatoms. The summed E-state index contributed by atoms with van der Waals surface area (Å²) < 4.78 is 176. The fourth-order valence-electron chi connectivity index (χ4n) is 8.41. The van der Waals surface area contributed by atoms with E-state index in [0.29, 0.717) is 35.1 Å². The molecular formula is C50H36F8N8O6S2. The standard InChI is InChI=1S/2C25H18F4N4O3S/c2*26-16-4-8-22(30-14-16)21-12-15(25(27,28)29)3-6-18(21)19-9-11-36-23-13-17(5-7-20(19)23)37(34,35)33-24-2-1-10-31-32-24/h2*1-8,10,12-14,19H,9,11H2,(H,32,33)/t2*19-/m10/s1. The van der Waals surface area contributed by atoms with Crippen molar-refractivity contribution in [3.63, 3.8) is 0 Å². The van der Waals surface area contributed by atoms with E-state index in [-0.39, 0.29) is 68.7 Å². The van der Waals surface area contributed by atoms with Crippen LogP contribution in [0.25, 0.3) is 22.5 Å². The number of hydrogen-bond acceptors (Lipinski definition) is 12. The molecule has 0 fully saturated rings. The molecule has 0 saturated heterocycles. The summed E-state index contributed by atoms with van der Waals surface area (Å²) in [6, 6.07) is 26.2. The Labute approximate surface area is 416 Å². The Balaban J connectivity index is 0.000000182. The van der Waals surface area contributed by atoms with Crippen molar-refractivity contribution in [1.82, 2.24) is 30.4 Å². The smallest absolute Gasteiger partial charge is 0.416 e. The van der Waals surface area contributed by atoms with Gasteiger partial charge in [0, 0.05) is 58.6 Å². The van der Waals surface area contributed by atoms with E-state index in [2.05, 4.69) is 39.8 Å². The molecule has 8 aromatic rings. The molecule has 2 atom stereocenters. The number of fused-ring (bicyclic) bond motifs is 2. The number of alkyl halides is 6. The summed E-state index contributed by atoms with van der Waals surface area (Å²) in [5.74, 6) is -1.40. The summed E-state index contributed by atoms with van der Waals surface area (Å²) in [7, 11) is -8.02. The Hall–Kier alpha value is -8.12. The van der Waals surface area contributed by atoms with Gasteiger partial charge in [0.15, 0.2) is 11.6 Å². The molecule has 0 spiro atoms. The van der Waals surface area contributed by atoms with E-state index in [1.54, 1.807) is 12.1 Å². The van der Waals surface area contributed by atoms with Gasteiger partial charge in [0.1, 0.15) is 23.1 Å². The fourth-order valence-corrected chi connectivity index (χ4v) is 10.4. The fraction of sp³-hybridized carbons (Fsp3) is 0.160. The number of anilines is 2. The zero-order chi connectivity index (χ0) is 52.4. The number of nitrogens with zero attached hydrogens (tertiary/aromatic N) is 6. The zero-order valence-electron chi connectivity index (χ0n) is 37.8. The van der Waals surface area contributed by atoms with Crippen molar-refractivity contribution >= 4 is 31.7 Å². The molecule has 0 amide bonds. The number of ether oxygens (including phenoxy) is 2. The highest BCUT2D eigenvalue weighted by Crippen LogP contribution is 2.46. The Morgan fingerprint density at radius 1 is 0.500 bits per heavy atom. The molecule has 380 valence electrons. The highest BCUT2D eigenvalue weighted by atomic mass is 32.2. The maximum Gasteiger partial charge on any atom is 0.416 e. The van der Waals surface area contributed by atoms with Gasteiger partial charge < -0.3 is 9.47 Å². The van der Waals surface area contributed by atoms with Gasteiger partial charge in [-0.1, -0.05) is 24.3 Å². The molecule has 4 aromatic carbocycles. The minimum Gasteiger partial charge on any atom is -0.493 e. The average Bonchev–Trinajstić information content (AvgIpc) is 3.39. The maximum absolute atomic E-state index is 13.5. The van der Waals surface area contributed by atoms with Crippen molar-refractivity contribution in [3.8, 4) is 34.0 Å². The second kappa shape index (κ2) is 20.4. The molecule has 74 heavy (non-hydrogen) atoms. The lowest BCUT2D eigenvalue weighted by atomic mass is 9.83. The first-order chi connectivity index (χ1) is 35.2. The van der Waals surface area contributed by atoms with E-state index in [1.165, 1.54) is 85.2 Å². The monoisotopic (exact) mass is 1060 g/mol. The molecule has 0 radical (unpaired) electrons. The molecule has 14 nitrogen and oxygen atoms in total. The van der Waals surface area contributed by atoms with E-state index < -0.39 is 67.0 Å². The van der Waals surface area contributed by atoms with Crippen LogP contribution in [-0.2, 0) is 32.4 Å². The summed E-state index contributed by atoms with van der Waals surface area (Å²) in [5.41, 5.74) is 1.33. The second-order valence-electron chi connectivity index (χ2n) is 16.5. The first-order valence-electron chi connectivity index (χ1n) is 22.0. The van der Waals surface area contributed by atoms with Crippen LogP contribution in [0.5, 0.6) is 11.5 Å². The number of rotatable bonds is 10. The molecule has 6 heterocycles. The molecular weight excluding hydrogens is 1020 g/mol. The molecule has 0 aliphatic carbocycles. The van der Waals surface area contributed by atoms with Gasteiger partial charge in [-0.15, -0.1) is 10.2 Å². The van der Waals surface area contributed by atoms with Crippen LogP contribution in [0, 0.1) is 11.6 Å². The minimum atomic E-state index is -4.58. The van der Waals surface area contributed by atoms with Crippen LogP contribution in [0.4, 0.5) is 46.8 Å². The molecule has 0 unspecified atom stereocenters. The average molecular weight is 1060 g/mol. The lowest BCUT2D eigenvalue weighted by Crippen LogP contribution is -2.19. The molecule has 2 aliphatic heterocycles. The largest absolute Gasteiger partial charge is 0.493 e. The molecule has 0 bridgehead atoms. The summed E-state index contributed by atoms with van der Waals surface area (Å²) >= 11 is 0. The SMILES string of the molecule is O=S(=O)(Nc1cccnn1)c1ccc2c(c1)OCC[C@@H]2c1ccc(C(F)(F)F)cc1-c1ccc(F)cn1.O=S(=O)(Nc1cccnn1)c1ccc2c(c1)OCC[C@H]2c1ccc(C(F)(F)F)cc1-c1ccc(F)cn1. The van der Waals surface area contributed by atoms with Gasteiger partial charge in [-0.25, -0.2) is 25.6 Å². The first kappa shape index (κ1) is 50.8. The second-order valence-corrected chi connectivity index (χ2v) is 19.9. The minimum absolute atomic E-state index is 0.0419. The van der Waals surface area contributed by atoms with Gasteiger partial charge in [-0.05, 0) is 109 Å². The van der Waals surface area contributed by atoms with Crippen LogP contribution in [-0.4, -0.2) is 60.4 Å². The van der Waals surface area contributed by atoms with Crippen LogP contribution in [0.3, 0.4) is 0 Å². The highest BCUT2D eigenvalue weighted by Gasteiger charge is 2.36. The maximum atomic E-state index is 13.5. The number of sulfonamides is 2. The predicted octanol–water partition coefficient (Wildman–Crippen LogP) is 10.8. The van der Waals surface area contributed by atoms with Gasteiger partial charge in [-0.2, -0.15) is 36.5 Å². The predicted molar refractivity (Wildman–Crippen MR) is 252 cm³/mol. The van der Waals surface area contributed by atoms with Crippen LogP contribution >= 0.6 is 0 Å². The van der Waals surface area contributed by atoms with Crippen LogP contribution < -0.4 is 18.9 Å². The molecule has 2 N–H and O–H groups in total. The number of benzene rings is 4.